The third kappa shape index (κ3) is 8.69. The van der Waals surface area contributed by atoms with E-state index >= 15 is 0 Å². The van der Waals surface area contributed by atoms with Gasteiger partial charge in [0, 0.05) is 34.4 Å². The van der Waals surface area contributed by atoms with Crippen LogP contribution in [0.4, 0.5) is 15.3 Å². The molecule has 0 unspecified atom stereocenters. The molecule has 1 aromatic heterocycles. The minimum Gasteiger partial charge on any atom is -0.444 e. The molecule has 4 N–H and O–H groups in total. The summed E-state index contributed by atoms with van der Waals surface area (Å²) in [7, 11) is 0. The Labute approximate surface area is 265 Å². The molecule has 0 saturated carbocycles. The lowest BCUT2D eigenvalue weighted by Gasteiger charge is -2.21. The van der Waals surface area contributed by atoms with Gasteiger partial charge in [0.25, 0.3) is 0 Å². The van der Waals surface area contributed by atoms with E-state index in [1.807, 2.05) is 42.5 Å². The summed E-state index contributed by atoms with van der Waals surface area (Å²) in [6.45, 7) is 11.1. The van der Waals surface area contributed by atoms with Crippen LogP contribution in [0.2, 0.25) is 15.1 Å². The molecule has 4 aromatic rings. The number of benzene rings is 3. The second-order valence-electron chi connectivity index (χ2n) is 11.8. The maximum Gasteiger partial charge on any atom is 0.437 e. The summed E-state index contributed by atoms with van der Waals surface area (Å²) in [4.78, 5) is 32.1. The molecule has 3 aromatic carbocycles. The van der Waals surface area contributed by atoms with Crippen LogP contribution in [0.5, 0.6) is 0 Å². The Hall–Kier alpha value is -3.66. The van der Waals surface area contributed by atoms with Crippen molar-refractivity contribution in [3.05, 3.63) is 63.6 Å². The number of hydrogen-bond acceptors (Lipinski definition) is 5. The van der Waals surface area contributed by atoms with Gasteiger partial charge in [0.15, 0.2) is 0 Å². The highest BCUT2D eigenvalue weighted by atomic mass is 35.5. The Morgan fingerprint density at radius 1 is 0.860 bits per heavy atom. The van der Waals surface area contributed by atoms with E-state index in [1.54, 1.807) is 47.6 Å². The van der Waals surface area contributed by atoms with Crippen LogP contribution >= 0.6 is 34.8 Å². The van der Waals surface area contributed by atoms with Crippen LogP contribution in [-0.4, -0.2) is 47.4 Å². The molecule has 0 atom stereocenters. The van der Waals surface area contributed by atoms with Crippen LogP contribution < -0.4 is 16.0 Å². The molecule has 0 saturated heterocycles. The van der Waals surface area contributed by atoms with Crippen molar-refractivity contribution in [2.24, 2.45) is 4.99 Å². The van der Waals surface area contributed by atoms with Crippen LogP contribution in [0.15, 0.2) is 53.5 Å². The van der Waals surface area contributed by atoms with Crippen molar-refractivity contribution >= 4 is 80.4 Å². The molecule has 43 heavy (non-hydrogen) atoms. The van der Waals surface area contributed by atoms with Crippen molar-refractivity contribution in [1.82, 2.24) is 15.6 Å². The maximum absolute atomic E-state index is 12.4. The van der Waals surface area contributed by atoms with Crippen LogP contribution in [-0.2, 0) is 9.47 Å². The lowest BCUT2D eigenvalue weighted by atomic mass is 9.98. The number of nitrogens with zero attached hydrogens (tertiary/aromatic N) is 1. The average molecular weight is 647 g/mol. The summed E-state index contributed by atoms with van der Waals surface area (Å²) >= 11 is 18.9. The number of aliphatic imine (C=N–C) groups is 1. The highest BCUT2D eigenvalue weighted by Gasteiger charge is 2.20. The minimum atomic E-state index is -0.852. The number of amides is 2. The zero-order chi connectivity index (χ0) is 31.5. The standard InChI is InChI=1S/C31H34Cl3N5O4/c1-30(2,3)42-28(40)38-27(39-29(41)43-31(4,5)6)36-14-13-35-24-12-9-19(17-7-10-21(33)22(34)15-17)25-20-16-18(32)8-11-23(20)37-26(24)25/h7-12,15-16,35,37H,13-14H2,1-6H3,(H2,36,38,39,40,41). The van der Waals surface area contributed by atoms with Crippen molar-refractivity contribution in [3.8, 4) is 11.1 Å². The molecule has 0 radical (unpaired) electrons. The summed E-state index contributed by atoms with van der Waals surface area (Å²) in [6.07, 6.45) is -1.61. The number of aromatic nitrogens is 1. The number of rotatable bonds is 5. The minimum absolute atomic E-state index is 0.0920. The summed E-state index contributed by atoms with van der Waals surface area (Å²) in [5.74, 6) is -0.0920. The van der Waals surface area contributed by atoms with E-state index in [9.17, 15) is 9.59 Å². The maximum atomic E-state index is 12.4. The largest absolute Gasteiger partial charge is 0.444 e. The fourth-order valence-electron chi connectivity index (χ4n) is 4.30. The van der Waals surface area contributed by atoms with E-state index in [2.05, 4.69) is 25.9 Å². The van der Waals surface area contributed by atoms with E-state index in [1.165, 1.54) is 0 Å². The van der Waals surface area contributed by atoms with Gasteiger partial charge in [0.05, 0.1) is 21.2 Å². The highest BCUT2D eigenvalue weighted by molar-refractivity contribution is 6.42. The van der Waals surface area contributed by atoms with Gasteiger partial charge in [-0.3, -0.25) is 5.32 Å². The van der Waals surface area contributed by atoms with Crippen LogP contribution in [0.1, 0.15) is 41.5 Å². The van der Waals surface area contributed by atoms with Crippen molar-refractivity contribution in [1.29, 1.82) is 0 Å². The van der Waals surface area contributed by atoms with Gasteiger partial charge >= 0.3 is 12.2 Å². The van der Waals surface area contributed by atoms with Crippen molar-refractivity contribution < 1.29 is 19.1 Å². The van der Waals surface area contributed by atoms with Gasteiger partial charge in [0.2, 0.25) is 5.96 Å². The number of nitrogens with one attached hydrogen (secondary N) is 4. The van der Waals surface area contributed by atoms with Crippen molar-refractivity contribution in [2.45, 2.75) is 52.7 Å². The fourth-order valence-corrected chi connectivity index (χ4v) is 4.77. The first-order valence-electron chi connectivity index (χ1n) is 13.6. The molecule has 2 amide bonds. The van der Waals surface area contributed by atoms with E-state index in [0.717, 1.165) is 38.6 Å². The van der Waals surface area contributed by atoms with E-state index in [4.69, 9.17) is 44.3 Å². The number of carbonyl (C=O) groups is 2. The molecule has 12 heteroatoms. The predicted octanol–water partition coefficient (Wildman–Crippen LogP) is 8.77. The Bertz CT molecular complexity index is 1700. The number of halogens is 3. The second-order valence-corrected chi connectivity index (χ2v) is 13.0. The monoisotopic (exact) mass is 645 g/mol. The van der Waals surface area contributed by atoms with Crippen molar-refractivity contribution in [2.75, 3.05) is 18.4 Å². The Morgan fingerprint density at radius 3 is 2.26 bits per heavy atom. The first-order valence-corrected chi connectivity index (χ1v) is 14.7. The van der Waals surface area contributed by atoms with Crippen LogP contribution in [0.3, 0.4) is 0 Å². The third-order valence-corrected chi connectivity index (χ3v) is 6.87. The average Bonchev–Trinajstić information content (AvgIpc) is 3.25. The number of guanidine groups is 1. The van der Waals surface area contributed by atoms with Crippen LogP contribution in [0, 0.1) is 0 Å². The number of carbonyl (C=O) groups excluding carboxylic acids is 2. The fraction of sp³-hybridized carbons (Fsp3) is 0.323. The molecule has 0 aliphatic rings. The summed E-state index contributed by atoms with van der Waals surface area (Å²) in [6, 6.07) is 15.2. The molecule has 1 heterocycles. The van der Waals surface area contributed by atoms with E-state index < -0.39 is 23.4 Å². The van der Waals surface area contributed by atoms with E-state index in [-0.39, 0.29) is 5.96 Å². The number of hydrogen-bond donors (Lipinski definition) is 4. The summed E-state index contributed by atoms with van der Waals surface area (Å²) in [5, 5.41) is 12.3. The number of aromatic amines is 1. The molecule has 0 bridgehead atoms. The summed E-state index contributed by atoms with van der Waals surface area (Å²) in [5.41, 5.74) is 3.00. The predicted molar refractivity (Wildman–Crippen MR) is 176 cm³/mol. The van der Waals surface area contributed by atoms with Gasteiger partial charge in [0.1, 0.15) is 11.2 Å². The van der Waals surface area contributed by atoms with Gasteiger partial charge in [-0.25, -0.2) is 9.59 Å². The van der Waals surface area contributed by atoms with Gasteiger partial charge in [-0.1, -0.05) is 46.9 Å². The molecular formula is C31H34Cl3N5O4. The van der Waals surface area contributed by atoms with Gasteiger partial charge in [-0.05, 0) is 89.1 Å². The lowest BCUT2D eigenvalue weighted by Crippen LogP contribution is -2.45. The third-order valence-electron chi connectivity index (χ3n) is 5.90. The Morgan fingerprint density at radius 2 is 1.58 bits per heavy atom. The topological polar surface area (TPSA) is 117 Å². The molecule has 0 fully saturated rings. The molecule has 4 rings (SSSR count). The lowest BCUT2D eigenvalue weighted by molar-refractivity contribution is 0.0560. The molecule has 0 spiro atoms. The quantitative estimate of drug-likeness (QED) is 0.0978. The Kier molecular flexibility index (Phi) is 9.69. The zero-order valence-corrected chi connectivity index (χ0v) is 27.0. The van der Waals surface area contributed by atoms with Gasteiger partial charge in [-0.15, -0.1) is 4.99 Å². The number of fused-ring (bicyclic) bond motifs is 3. The molecule has 9 nitrogen and oxygen atoms in total. The number of H-pyrrole nitrogens is 1. The van der Waals surface area contributed by atoms with Crippen LogP contribution in [0.25, 0.3) is 32.9 Å². The number of ether oxygens (including phenoxy) is 2. The highest BCUT2D eigenvalue weighted by Crippen LogP contribution is 2.40. The first kappa shape index (κ1) is 32.3. The van der Waals surface area contributed by atoms with Gasteiger partial charge < -0.3 is 25.1 Å². The molecule has 228 valence electrons. The molecule has 0 aliphatic carbocycles. The first-order chi connectivity index (χ1) is 20.1. The molecule has 0 aliphatic heterocycles. The zero-order valence-electron chi connectivity index (χ0n) is 24.7. The molecular weight excluding hydrogens is 613 g/mol. The Balaban J connectivity index is 1.58. The summed E-state index contributed by atoms with van der Waals surface area (Å²) < 4.78 is 10.6. The van der Waals surface area contributed by atoms with Gasteiger partial charge in [-0.2, -0.15) is 0 Å². The number of alkyl carbamates (subject to hydrolysis) is 1. The normalized spacial score (nSPS) is 12.3. The van der Waals surface area contributed by atoms with E-state index in [0.29, 0.717) is 28.2 Å². The van der Waals surface area contributed by atoms with Crippen molar-refractivity contribution in [3.63, 3.8) is 0 Å². The smallest absolute Gasteiger partial charge is 0.437 e. The SMILES string of the molecule is CC(C)(C)OC(=O)/N=C(/NCCNc1ccc(-c2ccc(Cl)c(Cl)c2)c2c1[nH]c1ccc(Cl)cc12)NC(=O)OC(C)(C)C. The second kappa shape index (κ2) is 12.9. The number of anilines is 1.